The standard InChI is InChI=1S/C37H31IN2O8/c1-17(41)19-4-8-22(9-5-19)39-34(44)25-13-12-24-26(31(25)36(39)46)16-27-32(30(24)21-14-28(38)33(43)29(15-21)48-3)37(47)40(35(27)45)23-10-6-20(7-11-23)18(2)42/h4-12,14-15,25-27,30-32,43H,13,16H2,1-3H3. The van der Waals surface area contributed by atoms with Gasteiger partial charge in [-0.15, -0.1) is 0 Å². The predicted molar refractivity (Wildman–Crippen MR) is 183 cm³/mol. The molecular formula is C37H31IN2O8. The third kappa shape index (κ3) is 4.81. The van der Waals surface area contributed by atoms with Gasteiger partial charge in [0.2, 0.25) is 23.6 Å². The number of ketones is 2. The lowest BCUT2D eigenvalue weighted by Gasteiger charge is -2.44. The fourth-order valence-electron chi connectivity index (χ4n) is 8.09. The number of methoxy groups -OCH3 is 1. The monoisotopic (exact) mass is 758 g/mol. The van der Waals surface area contributed by atoms with E-state index in [1.807, 2.05) is 28.7 Å². The summed E-state index contributed by atoms with van der Waals surface area (Å²) in [7, 11) is 1.43. The number of aromatic hydroxyl groups is 1. The Morgan fingerprint density at radius 3 is 1.79 bits per heavy atom. The van der Waals surface area contributed by atoms with Crippen molar-refractivity contribution < 1.29 is 38.6 Å². The first kappa shape index (κ1) is 31.9. The van der Waals surface area contributed by atoms with Gasteiger partial charge in [-0.25, -0.2) is 0 Å². The van der Waals surface area contributed by atoms with Gasteiger partial charge in [0.25, 0.3) is 0 Å². The van der Waals surface area contributed by atoms with Gasteiger partial charge in [0.05, 0.1) is 45.7 Å². The van der Waals surface area contributed by atoms with Gasteiger partial charge in [0.15, 0.2) is 23.1 Å². The molecule has 6 unspecified atom stereocenters. The smallest absolute Gasteiger partial charge is 0.238 e. The second-order valence-corrected chi connectivity index (χ2v) is 14.0. The Morgan fingerprint density at radius 1 is 0.750 bits per heavy atom. The zero-order valence-electron chi connectivity index (χ0n) is 26.3. The van der Waals surface area contributed by atoms with Crippen LogP contribution in [0.25, 0.3) is 0 Å². The predicted octanol–water partition coefficient (Wildman–Crippen LogP) is 5.46. The molecule has 10 nitrogen and oxygen atoms in total. The number of phenols is 1. The highest BCUT2D eigenvalue weighted by Crippen LogP contribution is 2.59. The summed E-state index contributed by atoms with van der Waals surface area (Å²) >= 11 is 1.99. The molecule has 0 radical (unpaired) electrons. The number of benzene rings is 3. The first-order valence-corrected chi connectivity index (χ1v) is 16.7. The van der Waals surface area contributed by atoms with Crippen LogP contribution in [-0.4, -0.2) is 47.4 Å². The molecule has 48 heavy (non-hydrogen) atoms. The van der Waals surface area contributed by atoms with Gasteiger partial charge < -0.3 is 9.84 Å². The molecule has 0 bridgehead atoms. The maximum absolute atomic E-state index is 14.4. The van der Waals surface area contributed by atoms with Crippen LogP contribution in [0.2, 0.25) is 0 Å². The number of halogens is 1. The zero-order chi connectivity index (χ0) is 34.2. The lowest BCUT2D eigenvalue weighted by atomic mass is 9.57. The number of carbonyl (C=O) groups excluding carboxylic acids is 6. The Balaban J connectivity index is 1.33. The number of anilines is 2. The molecule has 3 aromatic carbocycles. The van der Waals surface area contributed by atoms with E-state index < -0.39 is 47.3 Å². The summed E-state index contributed by atoms with van der Waals surface area (Å²) in [4.78, 5) is 82.8. The average Bonchev–Trinajstić information content (AvgIpc) is 3.48. The van der Waals surface area contributed by atoms with Gasteiger partial charge in [-0.05, 0) is 121 Å². The molecule has 244 valence electrons. The molecule has 2 saturated heterocycles. The lowest BCUT2D eigenvalue weighted by Crippen LogP contribution is -2.43. The SMILES string of the molecule is COc1cc(C2C3=CCC4C(=O)N(c5ccc(C(C)=O)cc5)C(=O)C4C3CC3C(=O)N(c4ccc(C(C)=O)cc4)C(=O)C32)cc(I)c1O. The van der Waals surface area contributed by atoms with Crippen molar-refractivity contribution in [2.75, 3.05) is 16.9 Å². The molecule has 11 heteroatoms. The summed E-state index contributed by atoms with van der Waals surface area (Å²) in [5.74, 6) is -5.76. The molecule has 2 heterocycles. The molecule has 1 saturated carbocycles. The molecule has 2 aliphatic carbocycles. The van der Waals surface area contributed by atoms with Crippen molar-refractivity contribution in [2.45, 2.75) is 32.6 Å². The Morgan fingerprint density at radius 2 is 1.27 bits per heavy atom. The van der Waals surface area contributed by atoms with Crippen molar-refractivity contribution in [1.82, 2.24) is 0 Å². The molecule has 6 atom stereocenters. The topological polar surface area (TPSA) is 138 Å². The van der Waals surface area contributed by atoms with Gasteiger partial charge in [-0.3, -0.25) is 38.6 Å². The molecule has 4 amide bonds. The van der Waals surface area contributed by atoms with Gasteiger partial charge in [-0.1, -0.05) is 11.6 Å². The van der Waals surface area contributed by atoms with Crippen LogP contribution < -0.4 is 14.5 Å². The van der Waals surface area contributed by atoms with Crippen LogP contribution in [0.1, 0.15) is 58.9 Å². The molecule has 3 aromatic rings. The highest BCUT2D eigenvalue weighted by molar-refractivity contribution is 14.1. The van der Waals surface area contributed by atoms with Crippen LogP contribution in [0, 0.1) is 33.2 Å². The highest BCUT2D eigenvalue weighted by atomic mass is 127. The van der Waals surface area contributed by atoms with E-state index in [1.165, 1.54) is 30.8 Å². The molecule has 4 aliphatic rings. The van der Waals surface area contributed by atoms with Crippen LogP contribution in [0.3, 0.4) is 0 Å². The molecule has 7 rings (SSSR count). The van der Waals surface area contributed by atoms with E-state index in [-0.39, 0.29) is 47.7 Å². The minimum Gasteiger partial charge on any atom is -0.504 e. The van der Waals surface area contributed by atoms with Crippen molar-refractivity contribution in [3.05, 3.63) is 92.6 Å². The van der Waals surface area contributed by atoms with E-state index in [2.05, 4.69) is 0 Å². The molecular weight excluding hydrogens is 727 g/mol. The minimum absolute atomic E-state index is 0.0486. The van der Waals surface area contributed by atoms with Crippen LogP contribution in [-0.2, 0) is 19.2 Å². The summed E-state index contributed by atoms with van der Waals surface area (Å²) in [6.07, 6.45) is 2.43. The summed E-state index contributed by atoms with van der Waals surface area (Å²) in [5, 5.41) is 10.7. The number of nitrogens with zero attached hydrogens (tertiary/aromatic N) is 2. The van der Waals surface area contributed by atoms with Crippen LogP contribution in [0.4, 0.5) is 11.4 Å². The Hall–Kier alpha value is -4.65. The van der Waals surface area contributed by atoms with E-state index in [0.717, 1.165) is 5.57 Å². The number of carbonyl (C=O) groups is 6. The van der Waals surface area contributed by atoms with Gasteiger partial charge >= 0.3 is 0 Å². The number of rotatable bonds is 6. The largest absolute Gasteiger partial charge is 0.504 e. The molecule has 2 aliphatic heterocycles. The van der Waals surface area contributed by atoms with Crippen molar-refractivity contribution >= 4 is 69.2 Å². The summed E-state index contributed by atoms with van der Waals surface area (Å²) in [6, 6.07) is 16.1. The number of allylic oxidation sites excluding steroid dienone is 2. The quantitative estimate of drug-likeness (QED) is 0.152. The van der Waals surface area contributed by atoms with Crippen molar-refractivity contribution in [2.24, 2.45) is 29.6 Å². The van der Waals surface area contributed by atoms with Crippen LogP contribution in [0.5, 0.6) is 11.5 Å². The number of fused-ring (bicyclic) bond motifs is 4. The molecule has 0 aromatic heterocycles. The van der Waals surface area contributed by atoms with Gasteiger partial charge in [0, 0.05) is 17.0 Å². The first-order valence-electron chi connectivity index (χ1n) is 15.7. The first-order chi connectivity index (χ1) is 22.9. The third-order valence-electron chi connectivity index (χ3n) is 10.3. The van der Waals surface area contributed by atoms with Crippen molar-refractivity contribution in [1.29, 1.82) is 0 Å². The second-order valence-electron chi connectivity index (χ2n) is 12.8. The van der Waals surface area contributed by atoms with E-state index in [0.29, 0.717) is 31.6 Å². The maximum Gasteiger partial charge on any atom is 0.238 e. The van der Waals surface area contributed by atoms with E-state index in [4.69, 9.17) is 4.74 Å². The summed E-state index contributed by atoms with van der Waals surface area (Å²) in [6.45, 7) is 2.88. The van der Waals surface area contributed by atoms with E-state index in [9.17, 15) is 33.9 Å². The highest BCUT2D eigenvalue weighted by Gasteiger charge is 2.62. The zero-order valence-corrected chi connectivity index (χ0v) is 28.5. The average molecular weight is 759 g/mol. The Kier molecular flexibility index (Phi) is 7.85. The number of amides is 4. The number of phenolic OH excluding ortho intramolecular Hbond substituents is 1. The fourth-order valence-corrected chi connectivity index (χ4v) is 8.72. The van der Waals surface area contributed by atoms with E-state index >= 15 is 0 Å². The number of hydrogen-bond donors (Lipinski definition) is 1. The third-order valence-corrected chi connectivity index (χ3v) is 11.2. The summed E-state index contributed by atoms with van der Waals surface area (Å²) in [5.41, 5.74) is 3.10. The van der Waals surface area contributed by atoms with Gasteiger partial charge in [0.1, 0.15) is 0 Å². The number of Topliss-reactive ketones (excluding diaryl/α,β-unsaturated/α-hetero) is 2. The Bertz CT molecular complexity index is 1970. The van der Waals surface area contributed by atoms with E-state index in [1.54, 1.807) is 60.7 Å². The maximum atomic E-state index is 14.4. The normalized spacial score (nSPS) is 26.2. The van der Waals surface area contributed by atoms with Crippen molar-refractivity contribution in [3.8, 4) is 11.5 Å². The lowest BCUT2D eigenvalue weighted by molar-refractivity contribution is -0.126. The second kappa shape index (κ2) is 11.8. The van der Waals surface area contributed by atoms with Crippen LogP contribution >= 0.6 is 22.6 Å². The Labute approximate surface area is 289 Å². The molecule has 1 N–H and O–H groups in total. The van der Waals surface area contributed by atoms with Crippen molar-refractivity contribution in [3.63, 3.8) is 0 Å². The fraction of sp³-hybridized carbons (Fsp3) is 0.297. The number of imide groups is 2. The minimum atomic E-state index is -0.809. The molecule has 3 fully saturated rings. The summed E-state index contributed by atoms with van der Waals surface area (Å²) < 4.78 is 5.97. The van der Waals surface area contributed by atoms with Gasteiger partial charge in [-0.2, -0.15) is 0 Å². The molecule has 0 spiro atoms. The van der Waals surface area contributed by atoms with Crippen LogP contribution in [0.15, 0.2) is 72.3 Å². The number of hydrogen-bond acceptors (Lipinski definition) is 8. The number of ether oxygens (including phenoxy) is 1.